The van der Waals surface area contributed by atoms with Crippen molar-refractivity contribution in [2.24, 2.45) is 0 Å². The predicted molar refractivity (Wildman–Crippen MR) is 115 cm³/mol. The van der Waals surface area contributed by atoms with Gasteiger partial charge < -0.3 is 14.5 Å². The van der Waals surface area contributed by atoms with E-state index in [0.717, 1.165) is 66.1 Å². The Kier molecular flexibility index (Phi) is 6.31. The van der Waals surface area contributed by atoms with Crippen molar-refractivity contribution in [1.82, 2.24) is 14.9 Å². The van der Waals surface area contributed by atoms with Crippen LogP contribution < -0.4 is 4.74 Å². The Hall–Kier alpha value is -2.28. The fraction of sp³-hybridized carbons (Fsp3) is 0.318. The van der Waals surface area contributed by atoms with E-state index < -0.39 is 0 Å². The molecule has 1 aliphatic rings. The van der Waals surface area contributed by atoms with Crippen LogP contribution in [0.5, 0.6) is 5.75 Å². The van der Waals surface area contributed by atoms with E-state index in [9.17, 15) is 0 Å². The summed E-state index contributed by atoms with van der Waals surface area (Å²) in [5, 5.41) is 0.924. The van der Waals surface area contributed by atoms with Gasteiger partial charge in [-0.05, 0) is 23.3 Å². The molecular weight excluding hydrogens is 370 g/mol. The van der Waals surface area contributed by atoms with Gasteiger partial charge in [-0.3, -0.25) is 4.90 Å². The van der Waals surface area contributed by atoms with Crippen molar-refractivity contribution in [3.05, 3.63) is 60.2 Å². The zero-order valence-corrected chi connectivity index (χ0v) is 16.7. The highest BCUT2D eigenvalue weighted by atomic mass is 32.2. The van der Waals surface area contributed by atoms with Crippen molar-refractivity contribution >= 4 is 28.9 Å². The van der Waals surface area contributed by atoms with Crippen LogP contribution in [0.2, 0.25) is 0 Å². The number of H-pyrrole nitrogens is 1. The van der Waals surface area contributed by atoms with E-state index in [0.29, 0.717) is 6.61 Å². The van der Waals surface area contributed by atoms with Crippen LogP contribution in [0.15, 0.2) is 54.2 Å². The SMILES string of the molecule is C=Cc1ccc(CSc2nc3ccc(OCCN4CCOCC4)cc3[nH]2)cc1. The Labute approximate surface area is 169 Å². The van der Waals surface area contributed by atoms with Gasteiger partial charge in [0, 0.05) is 31.5 Å². The van der Waals surface area contributed by atoms with Gasteiger partial charge in [0.2, 0.25) is 0 Å². The van der Waals surface area contributed by atoms with Gasteiger partial charge >= 0.3 is 0 Å². The van der Waals surface area contributed by atoms with E-state index in [1.54, 1.807) is 11.8 Å². The molecule has 2 heterocycles. The molecule has 4 rings (SSSR count). The third-order valence-electron chi connectivity index (χ3n) is 4.80. The standard InChI is InChI=1S/C22H25N3O2S/c1-2-17-3-5-18(6-4-17)16-28-22-23-20-8-7-19(15-21(20)24-22)27-14-11-25-9-12-26-13-10-25/h2-8,15H,1,9-14,16H2,(H,23,24). The molecule has 28 heavy (non-hydrogen) atoms. The summed E-state index contributed by atoms with van der Waals surface area (Å²) in [5.41, 5.74) is 4.38. The van der Waals surface area contributed by atoms with Crippen LogP contribution in [0.25, 0.3) is 17.1 Å². The van der Waals surface area contributed by atoms with Crippen LogP contribution >= 0.6 is 11.8 Å². The number of nitrogens with one attached hydrogen (secondary N) is 1. The third-order valence-corrected chi connectivity index (χ3v) is 5.75. The van der Waals surface area contributed by atoms with Crippen molar-refractivity contribution in [2.75, 3.05) is 39.5 Å². The summed E-state index contributed by atoms with van der Waals surface area (Å²) < 4.78 is 11.3. The largest absolute Gasteiger partial charge is 0.492 e. The zero-order valence-electron chi connectivity index (χ0n) is 15.9. The van der Waals surface area contributed by atoms with Crippen molar-refractivity contribution in [3.63, 3.8) is 0 Å². The molecule has 1 aliphatic heterocycles. The molecule has 6 heteroatoms. The minimum Gasteiger partial charge on any atom is -0.492 e. The fourth-order valence-corrected chi connectivity index (χ4v) is 3.98. The lowest BCUT2D eigenvalue weighted by Gasteiger charge is -2.26. The van der Waals surface area contributed by atoms with E-state index in [1.165, 1.54) is 5.56 Å². The quantitative estimate of drug-likeness (QED) is 0.579. The first-order chi connectivity index (χ1) is 13.8. The Balaban J connectivity index is 1.32. The second kappa shape index (κ2) is 9.28. The average molecular weight is 396 g/mol. The predicted octanol–water partition coefficient (Wildman–Crippen LogP) is 4.21. The molecule has 0 spiro atoms. The maximum absolute atomic E-state index is 5.93. The first kappa shape index (κ1) is 19.1. The number of imidazole rings is 1. The van der Waals surface area contributed by atoms with Gasteiger partial charge in [0.1, 0.15) is 12.4 Å². The van der Waals surface area contributed by atoms with Gasteiger partial charge in [0.25, 0.3) is 0 Å². The van der Waals surface area contributed by atoms with Crippen molar-refractivity contribution in [2.45, 2.75) is 10.9 Å². The van der Waals surface area contributed by atoms with Crippen molar-refractivity contribution in [1.29, 1.82) is 0 Å². The molecule has 0 atom stereocenters. The van der Waals surface area contributed by atoms with Crippen LogP contribution in [0.3, 0.4) is 0 Å². The molecule has 3 aromatic rings. The summed E-state index contributed by atoms with van der Waals surface area (Å²) in [6, 6.07) is 14.5. The van der Waals surface area contributed by atoms with Crippen LogP contribution in [0.4, 0.5) is 0 Å². The lowest BCUT2D eigenvalue weighted by atomic mass is 10.1. The van der Waals surface area contributed by atoms with E-state index in [2.05, 4.69) is 45.7 Å². The Morgan fingerprint density at radius 2 is 2.00 bits per heavy atom. The molecular formula is C22H25N3O2S. The number of ether oxygens (including phenoxy) is 2. The van der Waals surface area contributed by atoms with E-state index in [-0.39, 0.29) is 0 Å². The van der Waals surface area contributed by atoms with Crippen molar-refractivity contribution in [3.8, 4) is 5.75 Å². The molecule has 1 fully saturated rings. The molecule has 0 aliphatic carbocycles. The molecule has 0 radical (unpaired) electrons. The maximum Gasteiger partial charge on any atom is 0.166 e. The molecule has 5 nitrogen and oxygen atoms in total. The zero-order chi connectivity index (χ0) is 19.2. The van der Waals surface area contributed by atoms with E-state index in [1.807, 2.05) is 24.3 Å². The lowest BCUT2D eigenvalue weighted by molar-refractivity contribution is 0.0322. The van der Waals surface area contributed by atoms with Crippen LogP contribution in [0, 0.1) is 0 Å². The van der Waals surface area contributed by atoms with Gasteiger partial charge in [-0.1, -0.05) is 48.7 Å². The summed E-state index contributed by atoms with van der Waals surface area (Å²) in [7, 11) is 0. The second-order valence-corrected chi connectivity index (χ2v) is 7.72. The van der Waals surface area contributed by atoms with Gasteiger partial charge in [0.15, 0.2) is 5.16 Å². The minimum absolute atomic E-state index is 0.682. The van der Waals surface area contributed by atoms with Crippen LogP contribution in [0.1, 0.15) is 11.1 Å². The molecule has 1 aromatic heterocycles. The average Bonchev–Trinajstić information content (AvgIpc) is 3.16. The lowest BCUT2D eigenvalue weighted by Crippen LogP contribution is -2.38. The highest BCUT2D eigenvalue weighted by Gasteiger charge is 2.10. The Morgan fingerprint density at radius 1 is 1.18 bits per heavy atom. The second-order valence-electron chi connectivity index (χ2n) is 6.76. The number of fused-ring (bicyclic) bond motifs is 1. The minimum atomic E-state index is 0.682. The number of morpholine rings is 1. The molecule has 0 unspecified atom stereocenters. The third kappa shape index (κ3) is 4.95. The van der Waals surface area contributed by atoms with Crippen molar-refractivity contribution < 1.29 is 9.47 Å². The summed E-state index contributed by atoms with van der Waals surface area (Å²) in [6.07, 6.45) is 1.86. The number of hydrogen-bond donors (Lipinski definition) is 1. The highest BCUT2D eigenvalue weighted by Crippen LogP contribution is 2.25. The molecule has 0 saturated carbocycles. The maximum atomic E-state index is 5.93. The molecule has 1 saturated heterocycles. The van der Waals surface area contributed by atoms with Gasteiger partial charge in [0.05, 0.1) is 24.2 Å². The molecule has 146 valence electrons. The van der Waals surface area contributed by atoms with Crippen LogP contribution in [-0.2, 0) is 10.5 Å². The number of nitrogens with zero attached hydrogens (tertiary/aromatic N) is 2. The van der Waals surface area contributed by atoms with E-state index in [4.69, 9.17) is 9.47 Å². The molecule has 0 bridgehead atoms. The topological polar surface area (TPSA) is 50.4 Å². The normalized spacial score (nSPS) is 15.0. The highest BCUT2D eigenvalue weighted by molar-refractivity contribution is 7.98. The number of thioether (sulfide) groups is 1. The number of aromatic amines is 1. The first-order valence-corrected chi connectivity index (χ1v) is 10.6. The number of aromatic nitrogens is 2. The summed E-state index contributed by atoms with van der Waals surface area (Å²) >= 11 is 1.70. The Bertz CT molecular complexity index is 917. The molecule has 2 aromatic carbocycles. The monoisotopic (exact) mass is 395 g/mol. The first-order valence-electron chi connectivity index (χ1n) is 9.57. The van der Waals surface area contributed by atoms with Gasteiger partial charge in [-0.2, -0.15) is 0 Å². The van der Waals surface area contributed by atoms with Crippen LogP contribution in [-0.4, -0.2) is 54.3 Å². The molecule has 0 amide bonds. The summed E-state index contributed by atoms with van der Waals surface area (Å²) in [6.45, 7) is 9.01. The van der Waals surface area contributed by atoms with Gasteiger partial charge in [-0.15, -0.1) is 0 Å². The Morgan fingerprint density at radius 3 is 2.79 bits per heavy atom. The summed E-state index contributed by atoms with van der Waals surface area (Å²) in [5.74, 6) is 1.75. The number of benzene rings is 2. The fourth-order valence-electron chi connectivity index (χ4n) is 3.14. The van der Waals surface area contributed by atoms with Gasteiger partial charge in [-0.25, -0.2) is 4.98 Å². The summed E-state index contributed by atoms with van der Waals surface area (Å²) in [4.78, 5) is 10.4. The molecule has 1 N–H and O–H groups in total. The number of rotatable bonds is 8. The number of hydrogen-bond acceptors (Lipinski definition) is 5. The van der Waals surface area contributed by atoms with E-state index >= 15 is 0 Å². The smallest absolute Gasteiger partial charge is 0.166 e.